The van der Waals surface area contributed by atoms with E-state index in [4.69, 9.17) is 16.3 Å². The molecular weight excluding hydrogens is 406 g/mol. The van der Waals surface area contributed by atoms with E-state index in [9.17, 15) is 14.4 Å². The van der Waals surface area contributed by atoms with Crippen LogP contribution in [-0.2, 0) is 9.53 Å². The number of halogens is 1. The van der Waals surface area contributed by atoms with Crippen LogP contribution in [0, 0.1) is 6.92 Å². The highest BCUT2D eigenvalue weighted by atomic mass is 35.5. The molecule has 0 radical (unpaired) electrons. The lowest BCUT2D eigenvalue weighted by atomic mass is 10.1. The molecule has 1 N–H and O–H groups in total. The van der Waals surface area contributed by atoms with Gasteiger partial charge >= 0.3 is 5.69 Å². The van der Waals surface area contributed by atoms with E-state index in [2.05, 4.69) is 5.32 Å². The summed E-state index contributed by atoms with van der Waals surface area (Å²) in [7, 11) is 1.54. The molecule has 1 heterocycles. The molecule has 0 saturated heterocycles. The maximum atomic E-state index is 13.5. The number of aryl methyl sites for hydroxylation is 1. The number of methoxy groups -OCH3 is 1. The minimum atomic E-state index is -0.813. The number of fused-ring (bicyclic) bond motifs is 1. The van der Waals surface area contributed by atoms with Gasteiger partial charge in [0.25, 0.3) is 5.56 Å². The monoisotopic (exact) mass is 429 g/mol. The summed E-state index contributed by atoms with van der Waals surface area (Å²) in [5.41, 5.74) is 0.642. The molecule has 7 nitrogen and oxygen atoms in total. The van der Waals surface area contributed by atoms with Crippen LogP contribution in [0.1, 0.15) is 24.9 Å². The topological polar surface area (TPSA) is 82.3 Å². The Kier molecular flexibility index (Phi) is 6.74. The second-order valence-corrected chi connectivity index (χ2v) is 7.44. The minimum absolute atomic E-state index is 0.309. The summed E-state index contributed by atoms with van der Waals surface area (Å²) >= 11 is 6.16. The Bertz CT molecular complexity index is 1200. The first kappa shape index (κ1) is 21.8. The van der Waals surface area contributed by atoms with E-state index in [1.54, 1.807) is 43.5 Å². The van der Waals surface area contributed by atoms with E-state index in [1.165, 1.54) is 4.57 Å². The van der Waals surface area contributed by atoms with Gasteiger partial charge in [-0.15, -0.1) is 0 Å². The third-order valence-electron chi connectivity index (χ3n) is 4.92. The first-order valence-corrected chi connectivity index (χ1v) is 10.1. The molecule has 3 rings (SSSR count). The lowest BCUT2D eigenvalue weighted by Crippen LogP contribution is -2.44. The maximum Gasteiger partial charge on any atom is 0.336 e. The van der Waals surface area contributed by atoms with Crippen molar-refractivity contribution in [3.05, 3.63) is 73.9 Å². The molecule has 0 bridgehead atoms. The van der Waals surface area contributed by atoms with Crippen LogP contribution in [-0.4, -0.2) is 35.3 Å². The Hall–Kier alpha value is -2.90. The predicted octanol–water partition coefficient (Wildman–Crippen LogP) is 2.83. The Morgan fingerprint density at radius 1 is 1.20 bits per heavy atom. The van der Waals surface area contributed by atoms with Crippen molar-refractivity contribution in [3.63, 3.8) is 0 Å². The number of nitrogens with zero attached hydrogens (tertiary/aromatic N) is 2. The van der Waals surface area contributed by atoms with Crippen LogP contribution in [0.4, 0.5) is 0 Å². The van der Waals surface area contributed by atoms with Gasteiger partial charge in [-0.25, -0.2) is 9.36 Å². The second kappa shape index (κ2) is 9.28. The zero-order valence-electron chi connectivity index (χ0n) is 17.1. The molecule has 0 unspecified atom stereocenters. The van der Waals surface area contributed by atoms with Crippen LogP contribution in [0.15, 0.2) is 52.1 Å². The molecule has 0 aliphatic rings. The third-order valence-corrected chi connectivity index (χ3v) is 5.15. The van der Waals surface area contributed by atoms with Crippen molar-refractivity contribution in [1.29, 1.82) is 0 Å². The Morgan fingerprint density at radius 2 is 1.97 bits per heavy atom. The van der Waals surface area contributed by atoms with Crippen molar-refractivity contribution >= 4 is 28.4 Å². The van der Waals surface area contributed by atoms with Crippen LogP contribution in [0.25, 0.3) is 16.6 Å². The summed E-state index contributed by atoms with van der Waals surface area (Å²) in [6, 6.07) is 11.0. The second-order valence-electron chi connectivity index (χ2n) is 7.00. The molecule has 1 atom stereocenters. The van der Waals surface area contributed by atoms with Gasteiger partial charge < -0.3 is 10.1 Å². The van der Waals surface area contributed by atoms with Crippen molar-refractivity contribution in [2.24, 2.45) is 0 Å². The van der Waals surface area contributed by atoms with Gasteiger partial charge in [0.15, 0.2) is 0 Å². The van der Waals surface area contributed by atoms with Crippen LogP contribution in [0.3, 0.4) is 0 Å². The largest absolute Gasteiger partial charge is 0.383 e. The highest BCUT2D eigenvalue weighted by Gasteiger charge is 2.25. The molecule has 8 heteroatoms. The fourth-order valence-corrected chi connectivity index (χ4v) is 3.64. The number of hydrogen-bond acceptors (Lipinski definition) is 4. The molecule has 0 spiro atoms. The standard InChI is InChI=1S/C22H24ClN3O4/c1-4-18(20(27)24-10-11-30-3)26-19-13-15(23)8-9-17(19)21(28)25(22(26)29)16-7-5-6-14(2)12-16/h5-9,12-13,18H,4,10-11H2,1-3H3,(H,24,27)/t18-/m0/s1. The van der Waals surface area contributed by atoms with Crippen molar-refractivity contribution in [1.82, 2.24) is 14.5 Å². The molecule has 0 fully saturated rings. The number of carbonyl (C=O) groups excluding carboxylic acids is 1. The van der Waals surface area contributed by atoms with Crippen LogP contribution in [0.5, 0.6) is 0 Å². The average Bonchev–Trinajstić information content (AvgIpc) is 2.71. The average molecular weight is 430 g/mol. The summed E-state index contributed by atoms with van der Waals surface area (Å²) in [5, 5.41) is 3.46. The van der Waals surface area contributed by atoms with Crippen molar-refractivity contribution in [3.8, 4) is 5.69 Å². The molecule has 0 aliphatic heterocycles. The van der Waals surface area contributed by atoms with Crippen LogP contribution in [0.2, 0.25) is 5.02 Å². The SMILES string of the molecule is CC[C@@H](C(=O)NCCOC)n1c(=O)n(-c2cccc(C)c2)c(=O)c2ccc(Cl)cc21. The summed E-state index contributed by atoms with van der Waals surface area (Å²) in [6.07, 6.45) is 0.354. The molecule has 30 heavy (non-hydrogen) atoms. The van der Waals surface area contributed by atoms with E-state index >= 15 is 0 Å². The maximum absolute atomic E-state index is 13.5. The fraction of sp³-hybridized carbons (Fsp3) is 0.318. The van der Waals surface area contributed by atoms with Gasteiger partial charge in [-0.2, -0.15) is 0 Å². The molecule has 158 valence electrons. The molecule has 3 aromatic rings. The lowest BCUT2D eigenvalue weighted by molar-refractivity contribution is -0.124. The Labute approximate surface area is 178 Å². The van der Waals surface area contributed by atoms with Gasteiger partial charge in [0.1, 0.15) is 6.04 Å². The molecule has 0 aliphatic carbocycles. The summed E-state index contributed by atoms with van der Waals surface area (Å²) < 4.78 is 7.44. The van der Waals surface area contributed by atoms with Crippen molar-refractivity contribution in [2.75, 3.05) is 20.3 Å². The number of nitrogens with one attached hydrogen (secondary N) is 1. The summed E-state index contributed by atoms with van der Waals surface area (Å²) in [4.78, 5) is 39.6. The van der Waals surface area contributed by atoms with E-state index in [1.807, 2.05) is 19.9 Å². The Balaban J connectivity index is 2.31. The summed E-state index contributed by atoms with van der Waals surface area (Å²) in [6.45, 7) is 4.36. The first-order chi connectivity index (χ1) is 14.4. The normalized spacial score (nSPS) is 12.1. The van der Waals surface area contributed by atoms with Gasteiger partial charge in [0.05, 0.1) is 23.2 Å². The van der Waals surface area contributed by atoms with E-state index < -0.39 is 17.3 Å². The number of aromatic nitrogens is 2. The van der Waals surface area contributed by atoms with Gasteiger partial charge in [0.2, 0.25) is 5.91 Å². The van der Waals surface area contributed by atoms with Gasteiger partial charge in [-0.3, -0.25) is 14.2 Å². The van der Waals surface area contributed by atoms with E-state index in [-0.39, 0.29) is 5.91 Å². The van der Waals surface area contributed by atoms with Crippen molar-refractivity contribution < 1.29 is 9.53 Å². The molecule has 2 aromatic carbocycles. The molecule has 0 saturated carbocycles. The number of ether oxygens (including phenoxy) is 1. The van der Waals surface area contributed by atoms with Gasteiger partial charge in [0, 0.05) is 18.7 Å². The van der Waals surface area contributed by atoms with Crippen LogP contribution >= 0.6 is 11.6 Å². The smallest absolute Gasteiger partial charge is 0.336 e. The molecule has 1 amide bonds. The molecular formula is C22H24ClN3O4. The predicted molar refractivity (Wildman–Crippen MR) is 118 cm³/mol. The van der Waals surface area contributed by atoms with Crippen LogP contribution < -0.4 is 16.6 Å². The van der Waals surface area contributed by atoms with E-state index in [0.717, 1.165) is 10.1 Å². The summed E-state index contributed by atoms with van der Waals surface area (Å²) in [5.74, 6) is -0.327. The molecule has 1 aromatic heterocycles. The number of hydrogen-bond donors (Lipinski definition) is 1. The number of rotatable bonds is 7. The highest BCUT2D eigenvalue weighted by molar-refractivity contribution is 6.31. The quantitative estimate of drug-likeness (QED) is 0.585. The van der Waals surface area contributed by atoms with E-state index in [0.29, 0.717) is 41.2 Å². The Morgan fingerprint density at radius 3 is 2.63 bits per heavy atom. The first-order valence-electron chi connectivity index (χ1n) is 9.69. The van der Waals surface area contributed by atoms with Gasteiger partial charge in [-0.05, 0) is 49.2 Å². The zero-order chi connectivity index (χ0) is 21.8. The number of amides is 1. The number of carbonyl (C=O) groups is 1. The minimum Gasteiger partial charge on any atom is -0.383 e. The van der Waals surface area contributed by atoms with Crippen molar-refractivity contribution in [2.45, 2.75) is 26.3 Å². The zero-order valence-corrected chi connectivity index (χ0v) is 17.9. The lowest BCUT2D eigenvalue weighted by Gasteiger charge is -2.22. The highest BCUT2D eigenvalue weighted by Crippen LogP contribution is 2.21. The van der Waals surface area contributed by atoms with Gasteiger partial charge in [-0.1, -0.05) is 30.7 Å². The number of benzene rings is 2. The third kappa shape index (κ3) is 4.17. The fourth-order valence-electron chi connectivity index (χ4n) is 3.48.